The fraction of sp³-hybridized carbons (Fsp3) is 0.0755. The molecule has 2 aromatic heterocycles. The van der Waals surface area contributed by atoms with E-state index in [1.807, 2.05) is 91.0 Å². The van der Waals surface area contributed by atoms with Crippen LogP contribution in [0.1, 0.15) is 43.0 Å². The molecule has 0 aliphatic carbocycles. The molecule has 0 atom stereocenters. The van der Waals surface area contributed by atoms with E-state index in [9.17, 15) is 15.8 Å². The summed E-state index contributed by atoms with van der Waals surface area (Å²) in [6.07, 6.45) is 0. The van der Waals surface area contributed by atoms with Crippen molar-refractivity contribution in [3.8, 4) is 80.3 Å². The molecule has 0 N–H and O–H groups in total. The standard InChI is InChI=1S/C53H34N8/c1-53(2,3)39-20-24-48-44(29-39)43-17-11-12-18-47(43)61(48)49-45(41-22-19-33(30-54)25-37(41)31-55)27-36(28-46(49)42-23-21-40(57-4)26-38(42)32-56)52-59-50(34-13-7-5-8-14-34)58-51(60-52)35-15-9-6-10-16-35/h5-29H,1-3H3. The highest BCUT2D eigenvalue weighted by atomic mass is 15.0. The lowest BCUT2D eigenvalue weighted by atomic mass is 9.86. The molecule has 0 aliphatic rings. The number of hydrogen-bond donors (Lipinski definition) is 0. The van der Waals surface area contributed by atoms with Crippen LogP contribution in [-0.2, 0) is 5.41 Å². The van der Waals surface area contributed by atoms with Crippen molar-refractivity contribution in [2.45, 2.75) is 26.2 Å². The largest absolute Gasteiger partial charge is 0.308 e. The Labute approximate surface area is 353 Å². The number of fused-ring (bicyclic) bond motifs is 3. The van der Waals surface area contributed by atoms with Gasteiger partial charge in [-0.15, -0.1) is 0 Å². The van der Waals surface area contributed by atoms with Crippen molar-refractivity contribution < 1.29 is 0 Å². The van der Waals surface area contributed by atoms with E-state index in [1.165, 1.54) is 5.56 Å². The number of nitrogens with zero attached hydrogens (tertiary/aromatic N) is 8. The first-order valence-electron chi connectivity index (χ1n) is 19.6. The molecule has 0 aliphatic heterocycles. The molecule has 9 rings (SSSR count). The number of hydrogen-bond acceptors (Lipinski definition) is 6. The molecule has 0 saturated carbocycles. The van der Waals surface area contributed by atoms with Crippen molar-refractivity contribution in [3.63, 3.8) is 0 Å². The second kappa shape index (κ2) is 15.2. The van der Waals surface area contributed by atoms with Crippen molar-refractivity contribution >= 4 is 27.5 Å². The molecule has 61 heavy (non-hydrogen) atoms. The summed E-state index contributed by atoms with van der Waals surface area (Å²) in [4.78, 5) is 18.8. The molecule has 2 heterocycles. The molecular weight excluding hydrogens is 749 g/mol. The van der Waals surface area contributed by atoms with Crippen LogP contribution in [0.5, 0.6) is 0 Å². The third-order valence-corrected chi connectivity index (χ3v) is 10.9. The molecular formula is C53H34N8. The molecule has 0 fully saturated rings. The summed E-state index contributed by atoms with van der Waals surface area (Å²) < 4.78 is 2.20. The monoisotopic (exact) mass is 782 g/mol. The molecule has 0 bridgehead atoms. The maximum atomic E-state index is 10.7. The van der Waals surface area contributed by atoms with E-state index >= 15 is 0 Å². The summed E-state index contributed by atoms with van der Waals surface area (Å²) in [5.41, 5.74) is 9.57. The molecule has 0 radical (unpaired) electrons. The van der Waals surface area contributed by atoms with Gasteiger partial charge in [0, 0.05) is 49.7 Å². The summed E-state index contributed by atoms with van der Waals surface area (Å²) in [6.45, 7) is 14.4. The fourth-order valence-electron chi connectivity index (χ4n) is 7.90. The Morgan fingerprint density at radius 1 is 0.508 bits per heavy atom. The van der Waals surface area contributed by atoms with Crippen LogP contribution in [0.4, 0.5) is 5.69 Å². The lowest BCUT2D eigenvalue weighted by molar-refractivity contribution is 0.591. The van der Waals surface area contributed by atoms with Gasteiger partial charge in [0.1, 0.15) is 0 Å². The van der Waals surface area contributed by atoms with E-state index in [0.29, 0.717) is 73.4 Å². The van der Waals surface area contributed by atoms with Crippen LogP contribution in [0.2, 0.25) is 0 Å². The Morgan fingerprint density at radius 2 is 1.05 bits per heavy atom. The second-order valence-electron chi connectivity index (χ2n) is 15.7. The van der Waals surface area contributed by atoms with Crippen LogP contribution in [0.15, 0.2) is 152 Å². The predicted octanol–water partition coefficient (Wildman–Crippen LogP) is 12.8. The van der Waals surface area contributed by atoms with Crippen molar-refractivity contribution in [1.82, 2.24) is 19.5 Å². The summed E-state index contributed by atoms with van der Waals surface area (Å²) in [6, 6.07) is 55.4. The summed E-state index contributed by atoms with van der Waals surface area (Å²) in [7, 11) is 0. The van der Waals surface area contributed by atoms with E-state index in [-0.39, 0.29) is 5.41 Å². The molecule has 0 amide bonds. The van der Waals surface area contributed by atoms with E-state index in [2.05, 4.69) is 78.7 Å². The first-order valence-corrected chi connectivity index (χ1v) is 19.6. The number of nitriles is 3. The molecule has 0 saturated heterocycles. The molecule has 0 spiro atoms. The Hall–Kier alpha value is -8.69. The SMILES string of the molecule is [C-]#[N+]c1ccc(-c2cc(-c3nc(-c4ccccc4)nc(-c4ccccc4)n3)cc(-c3ccc(C#N)cc3C#N)c2-n2c3ccccc3c3cc(C(C)(C)C)ccc32)c(C#N)c1. The van der Waals surface area contributed by atoms with E-state index in [0.717, 1.165) is 32.9 Å². The van der Waals surface area contributed by atoms with Crippen molar-refractivity contribution in [2.24, 2.45) is 0 Å². The van der Waals surface area contributed by atoms with Gasteiger partial charge >= 0.3 is 0 Å². The Bertz CT molecular complexity index is 3230. The van der Waals surface area contributed by atoms with Crippen LogP contribution in [0, 0.1) is 40.6 Å². The summed E-state index contributed by atoms with van der Waals surface area (Å²) >= 11 is 0. The van der Waals surface area contributed by atoms with Crippen LogP contribution < -0.4 is 0 Å². The van der Waals surface area contributed by atoms with Crippen molar-refractivity contribution in [1.29, 1.82) is 15.8 Å². The lowest BCUT2D eigenvalue weighted by Crippen LogP contribution is -2.10. The fourth-order valence-corrected chi connectivity index (χ4v) is 7.90. The van der Waals surface area contributed by atoms with Gasteiger partial charge in [0.15, 0.2) is 23.2 Å². The third-order valence-electron chi connectivity index (χ3n) is 10.9. The average Bonchev–Trinajstić information content (AvgIpc) is 3.64. The third kappa shape index (κ3) is 6.81. The van der Waals surface area contributed by atoms with E-state index in [1.54, 1.807) is 30.3 Å². The van der Waals surface area contributed by atoms with Crippen LogP contribution in [-0.4, -0.2) is 19.5 Å². The summed E-state index contributed by atoms with van der Waals surface area (Å²) in [5.74, 6) is 1.33. The van der Waals surface area contributed by atoms with Gasteiger partial charge in [-0.25, -0.2) is 19.8 Å². The maximum absolute atomic E-state index is 10.7. The normalized spacial score (nSPS) is 11.1. The van der Waals surface area contributed by atoms with Crippen molar-refractivity contribution in [2.75, 3.05) is 0 Å². The number of benzene rings is 7. The zero-order valence-electron chi connectivity index (χ0n) is 33.5. The van der Waals surface area contributed by atoms with Gasteiger partial charge in [0.2, 0.25) is 0 Å². The summed E-state index contributed by atoms with van der Waals surface area (Å²) in [5, 5.41) is 33.5. The van der Waals surface area contributed by atoms with E-state index < -0.39 is 0 Å². The van der Waals surface area contributed by atoms with Gasteiger partial charge in [0.25, 0.3) is 0 Å². The Morgan fingerprint density at radius 3 is 1.62 bits per heavy atom. The van der Waals surface area contributed by atoms with Crippen LogP contribution in [0.3, 0.4) is 0 Å². The van der Waals surface area contributed by atoms with Gasteiger partial charge in [-0.3, -0.25) is 0 Å². The highest BCUT2D eigenvalue weighted by Crippen LogP contribution is 2.46. The molecule has 9 aromatic rings. The van der Waals surface area contributed by atoms with Crippen molar-refractivity contribution in [3.05, 3.63) is 185 Å². The number of aromatic nitrogens is 4. The van der Waals surface area contributed by atoms with E-state index in [4.69, 9.17) is 21.5 Å². The van der Waals surface area contributed by atoms with Gasteiger partial charge in [-0.2, -0.15) is 15.8 Å². The van der Waals surface area contributed by atoms with Gasteiger partial charge < -0.3 is 4.57 Å². The first kappa shape index (κ1) is 37.9. The van der Waals surface area contributed by atoms with Gasteiger partial charge in [0.05, 0.1) is 52.6 Å². The Balaban J connectivity index is 1.48. The lowest BCUT2D eigenvalue weighted by Gasteiger charge is -2.22. The number of para-hydroxylation sites is 1. The maximum Gasteiger partial charge on any atom is 0.188 e. The highest BCUT2D eigenvalue weighted by Gasteiger charge is 2.26. The van der Waals surface area contributed by atoms with Gasteiger partial charge in [-0.1, -0.05) is 124 Å². The Kier molecular flexibility index (Phi) is 9.46. The quantitative estimate of drug-likeness (QED) is 0.155. The van der Waals surface area contributed by atoms with Gasteiger partial charge in [-0.05, 0) is 65.1 Å². The molecule has 286 valence electrons. The van der Waals surface area contributed by atoms with Crippen LogP contribution in [0.25, 0.3) is 88.8 Å². The molecule has 0 unspecified atom stereocenters. The molecule has 8 heteroatoms. The second-order valence-corrected chi connectivity index (χ2v) is 15.7. The smallest absolute Gasteiger partial charge is 0.188 e. The minimum atomic E-state index is -0.117. The molecule has 7 aromatic carbocycles. The zero-order chi connectivity index (χ0) is 42.3. The molecule has 8 nitrogen and oxygen atoms in total. The minimum absolute atomic E-state index is 0.117. The topological polar surface area (TPSA) is 119 Å². The highest BCUT2D eigenvalue weighted by molar-refractivity contribution is 6.11. The zero-order valence-corrected chi connectivity index (χ0v) is 33.5. The first-order chi connectivity index (χ1) is 29.7. The average molecular weight is 783 g/mol. The predicted molar refractivity (Wildman–Crippen MR) is 240 cm³/mol. The number of rotatable bonds is 6. The minimum Gasteiger partial charge on any atom is -0.308 e. The van der Waals surface area contributed by atoms with Crippen LogP contribution >= 0.6 is 0 Å².